The van der Waals surface area contributed by atoms with E-state index in [2.05, 4.69) is 5.32 Å². The molecule has 2 aliphatic rings. The first-order chi connectivity index (χ1) is 11.0. The molecule has 1 unspecified atom stereocenters. The third kappa shape index (κ3) is 2.29. The summed E-state index contributed by atoms with van der Waals surface area (Å²) in [7, 11) is 1.48. The normalized spacial score (nSPS) is 21.3. The summed E-state index contributed by atoms with van der Waals surface area (Å²) in [6.07, 6.45) is 0.843. The van der Waals surface area contributed by atoms with Crippen molar-refractivity contribution < 1.29 is 18.7 Å². The van der Waals surface area contributed by atoms with Gasteiger partial charge >= 0.3 is 0 Å². The molecule has 7 nitrogen and oxygen atoms in total. The first-order valence-electron chi connectivity index (χ1n) is 7.60. The van der Waals surface area contributed by atoms with Gasteiger partial charge in [0, 0.05) is 25.8 Å². The fourth-order valence-corrected chi connectivity index (χ4v) is 3.29. The maximum Gasteiger partial charge on any atom is 0.278 e. The maximum atomic E-state index is 14.3. The fourth-order valence-electron chi connectivity index (χ4n) is 3.29. The molecular formula is C15H18FN3O4. The number of carbonyl (C=O) groups excluding carboxylic acids is 2. The van der Waals surface area contributed by atoms with Gasteiger partial charge in [0.2, 0.25) is 5.91 Å². The summed E-state index contributed by atoms with van der Waals surface area (Å²) in [6.45, 7) is 2.18. The number of carbonyl (C=O) groups is 2. The van der Waals surface area contributed by atoms with Gasteiger partial charge in [-0.1, -0.05) is 0 Å². The zero-order chi connectivity index (χ0) is 16.7. The number of hydrogen-bond donors (Lipinski definition) is 1. The summed E-state index contributed by atoms with van der Waals surface area (Å²) in [4.78, 5) is 36.2. The highest BCUT2D eigenvalue weighted by molar-refractivity contribution is 5.99. The number of amides is 2. The van der Waals surface area contributed by atoms with Crippen LogP contribution in [-0.2, 0) is 20.9 Å². The number of hydrogen-bond acceptors (Lipinski definition) is 4. The third-order valence-corrected chi connectivity index (χ3v) is 4.34. The SMILES string of the molecule is CCn1c2c(c(=O)n1C1CCC(=O)NC1=O)=C(F)CCC=2OC. The standard InChI is InChI=1S/C15H18FN3O4/c1-3-18-13-10(23-2)6-4-8(16)12(13)15(22)19(18)9-5-7-11(20)17-14(9)21/h9H,3-7H2,1-2H3,(H,17,20,21). The second-order valence-electron chi connectivity index (χ2n) is 5.59. The molecule has 2 amide bonds. The molecule has 1 N–H and O–H groups in total. The highest BCUT2D eigenvalue weighted by atomic mass is 19.1. The van der Waals surface area contributed by atoms with E-state index in [1.54, 1.807) is 4.68 Å². The zero-order valence-corrected chi connectivity index (χ0v) is 13.0. The van der Waals surface area contributed by atoms with Crippen LogP contribution in [0.15, 0.2) is 4.79 Å². The van der Waals surface area contributed by atoms with Crippen molar-refractivity contribution in [3.8, 4) is 0 Å². The number of rotatable bonds is 3. The van der Waals surface area contributed by atoms with Crippen LogP contribution in [0, 0.1) is 0 Å². The number of methoxy groups -OCH3 is 1. The predicted octanol–water partition coefficient (Wildman–Crippen LogP) is -0.726. The van der Waals surface area contributed by atoms with Gasteiger partial charge in [0.05, 0.1) is 7.11 Å². The lowest BCUT2D eigenvalue weighted by Crippen LogP contribution is -2.46. The van der Waals surface area contributed by atoms with E-state index < -0.39 is 23.3 Å². The van der Waals surface area contributed by atoms with Gasteiger partial charge in [-0.05, 0) is 13.3 Å². The number of halogens is 1. The summed E-state index contributed by atoms with van der Waals surface area (Å²) >= 11 is 0. The van der Waals surface area contributed by atoms with E-state index in [9.17, 15) is 18.8 Å². The summed E-state index contributed by atoms with van der Waals surface area (Å²) in [5.74, 6) is -0.849. The first kappa shape index (κ1) is 15.5. The van der Waals surface area contributed by atoms with Crippen LogP contribution in [0.4, 0.5) is 4.39 Å². The van der Waals surface area contributed by atoms with Crippen LogP contribution >= 0.6 is 0 Å². The van der Waals surface area contributed by atoms with Crippen molar-refractivity contribution in [3.63, 3.8) is 0 Å². The van der Waals surface area contributed by atoms with Crippen LogP contribution < -0.4 is 21.4 Å². The molecule has 23 heavy (non-hydrogen) atoms. The zero-order valence-electron chi connectivity index (χ0n) is 13.0. The number of nitrogens with zero attached hydrogens (tertiary/aromatic N) is 2. The number of nitrogens with one attached hydrogen (secondary N) is 1. The number of fused-ring (bicyclic) bond motifs is 1. The Morgan fingerprint density at radius 2 is 2.00 bits per heavy atom. The minimum absolute atomic E-state index is 0.0281. The molecule has 8 heteroatoms. The van der Waals surface area contributed by atoms with Gasteiger partial charge in [0.25, 0.3) is 11.5 Å². The van der Waals surface area contributed by atoms with E-state index in [1.165, 1.54) is 11.8 Å². The molecule has 3 rings (SSSR count). The smallest absolute Gasteiger partial charge is 0.278 e. The van der Waals surface area contributed by atoms with Crippen molar-refractivity contribution in [1.82, 2.24) is 14.7 Å². The average molecular weight is 323 g/mol. The molecule has 0 spiro atoms. The molecule has 0 radical (unpaired) electrons. The Morgan fingerprint density at radius 1 is 1.26 bits per heavy atom. The van der Waals surface area contributed by atoms with Gasteiger partial charge in [-0.3, -0.25) is 24.4 Å². The molecule has 1 aliphatic carbocycles. The number of ether oxygens (including phenoxy) is 1. The Labute approximate surface area is 131 Å². The van der Waals surface area contributed by atoms with E-state index in [-0.39, 0.29) is 30.4 Å². The van der Waals surface area contributed by atoms with Crippen LogP contribution in [0.1, 0.15) is 38.6 Å². The molecule has 1 aliphatic heterocycles. The van der Waals surface area contributed by atoms with Crippen LogP contribution in [0.3, 0.4) is 0 Å². The molecule has 0 saturated carbocycles. The van der Waals surface area contributed by atoms with Gasteiger partial charge in [0.1, 0.15) is 28.2 Å². The predicted molar refractivity (Wildman–Crippen MR) is 79.2 cm³/mol. The summed E-state index contributed by atoms with van der Waals surface area (Å²) in [5.41, 5.74) is -0.553. The first-order valence-corrected chi connectivity index (χ1v) is 7.60. The lowest BCUT2D eigenvalue weighted by Gasteiger charge is -2.24. The molecule has 0 bridgehead atoms. The summed E-state index contributed by atoms with van der Waals surface area (Å²) in [6, 6.07) is -0.823. The molecule has 1 atom stereocenters. The van der Waals surface area contributed by atoms with Crippen molar-refractivity contribution in [1.29, 1.82) is 0 Å². The van der Waals surface area contributed by atoms with Crippen LogP contribution in [0.2, 0.25) is 0 Å². The number of aromatic nitrogens is 2. The van der Waals surface area contributed by atoms with Crippen molar-refractivity contribution in [2.24, 2.45) is 0 Å². The molecule has 2 heterocycles. The van der Waals surface area contributed by atoms with E-state index in [0.29, 0.717) is 24.1 Å². The van der Waals surface area contributed by atoms with Crippen LogP contribution in [-0.4, -0.2) is 28.3 Å². The lowest BCUT2D eigenvalue weighted by molar-refractivity contribution is -0.136. The highest BCUT2D eigenvalue weighted by Gasteiger charge is 2.33. The van der Waals surface area contributed by atoms with Gasteiger partial charge in [-0.15, -0.1) is 0 Å². The molecule has 124 valence electrons. The minimum Gasteiger partial charge on any atom is -0.499 e. The van der Waals surface area contributed by atoms with Gasteiger partial charge < -0.3 is 4.74 Å². The Morgan fingerprint density at radius 3 is 2.61 bits per heavy atom. The number of piperidine rings is 1. The minimum atomic E-state index is -0.823. The Balaban J connectivity index is 2.33. The van der Waals surface area contributed by atoms with E-state index in [0.717, 1.165) is 0 Å². The molecular weight excluding hydrogens is 305 g/mol. The van der Waals surface area contributed by atoms with Crippen LogP contribution in [0.5, 0.6) is 0 Å². The molecule has 0 aromatic carbocycles. The molecule has 1 aromatic heterocycles. The summed E-state index contributed by atoms with van der Waals surface area (Å²) in [5, 5.41) is 2.60. The Bertz CT molecular complexity index is 865. The fraction of sp³-hybridized carbons (Fsp3) is 0.533. The third-order valence-electron chi connectivity index (χ3n) is 4.34. The van der Waals surface area contributed by atoms with E-state index in [1.807, 2.05) is 6.92 Å². The quantitative estimate of drug-likeness (QED) is 0.744. The maximum absolute atomic E-state index is 14.3. The van der Waals surface area contributed by atoms with Crippen molar-refractivity contribution in [2.75, 3.05) is 7.11 Å². The lowest BCUT2D eigenvalue weighted by atomic mass is 10.1. The molecule has 1 fully saturated rings. The van der Waals surface area contributed by atoms with E-state index >= 15 is 0 Å². The van der Waals surface area contributed by atoms with Gasteiger partial charge in [-0.2, -0.15) is 0 Å². The second kappa shape index (κ2) is 5.68. The molecule has 1 saturated heterocycles. The van der Waals surface area contributed by atoms with E-state index in [4.69, 9.17) is 4.74 Å². The van der Waals surface area contributed by atoms with Gasteiger partial charge in [0.15, 0.2) is 0 Å². The number of imide groups is 1. The van der Waals surface area contributed by atoms with Crippen molar-refractivity contribution >= 4 is 23.4 Å². The van der Waals surface area contributed by atoms with Crippen molar-refractivity contribution in [2.45, 2.75) is 45.2 Å². The Hall–Kier alpha value is -2.38. The Kier molecular flexibility index (Phi) is 3.83. The topological polar surface area (TPSA) is 82.3 Å². The second-order valence-corrected chi connectivity index (χ2v) is 5.59. The van der Waals surface area contributed by atoms with Gasteiger partial charge in [-0.25, -0.2) is 9.07 Å². The monoisotopic (exact) mass is 323 g/mol. The average Bonchev–Trinajstić information content (AvgIpc) is 2.82. The molecule has 1 aromatic rings. The largest absolute Gasteiger partial charge is 0.499 e. The summed E-state index contributed by atoms with van der Waals surface area (Å²) < 4.78 is 22.4. The highest BCUT2D eigenvalue weighted by Crippen LogP contribution is 2.18. The van der Waals surface area contributed by atoms with Crippen LogP contribution in [0.25, 0.3) is 11.6 Å². The van der Waals surface area contributed by atoms with Crippen molar-refractivity contribution in [3.05, 3.63) is 20.9 Å².